The molecular formula is C20H21N5O3. The Hall–Kier alpha value is -2.97. The molecule has 8 nitrogen and oxygen atoms in total. The summed E-state index contributed by atoms with van der Waals surface area (Å²) in [6, 6.07) is 11.1. The van der Waals surface area contributed by atoms with E-state index >= 15 is 0 Å². The highest BCUT2D eigenvalue weighted by molar-refractivity contribution is 5.39. The summed E-state index contributed by atoms with van der Waals surface area (Å²) in [6.07, 6.45) is 4.44. The zero-order chi connectivity index (χ0) is 18.9. The van der Waals surface area contributed by atoms with Crippen LogP contribution in [0.15, 0.2) is 53.6 Å². The Bertz CT molecular complexity index is 1030. The smallest absolute Gasteiger partial charge is 0.267 e. The van der Waals surface area contributed by atoms with E-state index in [0.717, 1.165) is 18.8 Å². The third kappa shape index (κ3) is 3.21. The minimum atomic E-state index is -0.166. The van der Waals surface area contributed by atoms with Crippen LogP contribution < -0.4 is 15.6 Å². The van der Waals surface area contributed by atoms with E-state index in [4.69, 9.17) is 9.47 Å². The highest BCUT2D eigenvalue weighted by Crippen LogP contribution is 2.26. The molecule has 0 aliphatic carbocycles. The Morgan fingerprint density at radius 2 is 2.18 bits per heavy atom. The number of hydrogen-bond acceptors (Lipinski definition) is 6. The summed E-state index contributed by atoms with van der Waals surface area (Å²) >= 11 is 0. The Morgan fingerprint density at radius 1 is 1.21 bits per heavy atom. The second kappa shape index (κ2) is 7.21. The van der Waals surface area contributed by atoms with Gasteiger partial charge in [0, 0.05) is 31.4 Å². The average molecular weight is 379 g/mol. The number of fused-ring (bicyclic) bond motifs is 1. The minimum Gasteiger partial charge on any atom is -0.493 e. The summed E-state index contributed by atoms with van der Waals surface area (Å²) in [5, 5.41) is 12.2. The van der Waals surface area contributed by atoms with Gasteiger partial charge >= 0.3 is 0 Å². The summed E-state index contributed by atoms with van der Waals surface area (Å²) in [5.41, 5.74) is 2.30. The molecule has 1 fully saturated rings. The van der Waals surface area contributed by atoms with Gasteiger partial charge in [-0.25, -0.2) is 9.36 Å². The zero-order valence-electron chi connectivity index (χ0n) is 15.3. The van der Waals surface area contributed by atoms with Gasteiger partial charge in [0.05, 0.1) is 31.9 Å². The summed E-state index contributed by atoms with van der Waals surface area (Å²) in [7, 11) is 0. The first kappa shape index (κ1) is 17.2. The lowest BCUT2D eigenvalue weighted by molar-refractivity contribution is 0.180. The third-order valence-corrected chi connectivity index (χ3v) is 5.24. The quantitative estimate of drug-likeness (QED) is 0.715. The molecule has 2 aliphatic rings. The van der Waals surface area contributed by atoms with Crippen molar-refractivity contribution in [1.29, 1.82) is 0 Å². The second-order valence-corrected chi connectivity index (χ2v) is 7.06. The van der Waals surface area contributed by atoms with Gasteiger partial charge in [-0.3, -0.25) is 4.79 Å². The molecule has 0 spiro atoms. The Balaban J connectivity index is 1.34. The summed E-state index contributed by atoms with van der Waals surface area (Å²) in [6.45, 7) is 2.45. The molecule has 1 aromatic carbocycles. The molecule has 4 heterocycles. The molecule has 0 saturated carbocycles. The first-order chi connectivity index (χ1) is 13.8. The van der Waals surface area contributed by atoms with Crippen molar-refractivity contribution in [3.05, 3.63) is 70.3 Å². The fourth-order valence-electron chi connectivity index (χ4n) is 3.76. The Kier molecular flexibility index (Phi) is 4.42. The van der Waals surface area contributed by atoms with Crippen LogP contribution in [-0.4, -0.2) is 45.4 Å². The van der Waals surface area contributed by atoms with Crippen molar-refractivity contribution < 1.29 is 9.47 Å². The molecule has 0 amide bonds. The van der Waals surface area contributed by atoms with Crippen molar-refractivity contribution in [1.82, 2.24) is 24.9 Å². The Labute approximate surface area is 161 Å². The van der Waals surface area contributed by atoms with Crippen molar-refractivity contribution in [3.8, 4) is 11.6 Å². The van der Waals surface area contributed by atoms with Crippen molar-refractivity contribution in [2.24, 2.45) is 0 Å². The van der Waals surface area contributed by atoms with E-state index in [9.17, 15) is 4.79 Å². The van der Waals surface area contributed by atoms with Crippen molar-refractivity contribution >= 4 is 0 Å². The van der Waals surface area contributed by atoms with Crippen LogP contribution in [0.25, 0.3) is 5.82 Å². The van der Waals surface area contributed by atoms with E-state index in [0.29, 0.717) is 25.6 Å². The predicted molar refractivity (Wildman–Crippen MR) is 102 cm³/mol. The summed E-state index contributed by atoms with van der Waals surface area (Å²) in [4.78, 5) is 12.4. The van der Waals surface area contributed by atoms with E-state index in [2.05, 4.69) is 27.6 Å². The van der Waals surface area contributed by atoms with Crippen LogP contribution in [0, 0.1) is 0 Å². The van der Waals surface area contributed by atoms with Crippen LogP contribution in [0.1, 0.15) is 17.2 Å². The van der Waals surface area contributed by atoms with E-state index in [1.54, 1.807) is 23.1 Å². The maximum Gasteiger partial charge on any atom is 0.267 e. The van der Waals surface area contributed by atoms with Gasteiger partial charge in [0.2, 0.25) is 0 Å². The standard InChI is InChI=1S/C20H21N5O3/c26-20-5-4-19(24-8-1-7-22-24)23-25(20)17-13-27-12-16(17)21-11-14-2-3-18-15(10-14)6-9-28-18/h1-5,7-8,10,16-17,21H,6,9,11-13H2. The van der Waals surface area contributed by atoms with Crippen LogP contribution in [0.2, 0.25) is 0 Å². The van der Waals surface area contributed by atoms with Crippen LogP contribution in [0.5, 0.6) is 5.75 Å². The maximum absolute atomic E-state index is 12.4. The normalized spacial score (nSPS) is 20.9. The molecule has 1 N–H and O–H groups in total. The van der Waals surface area contributed by atoms with Gasteiger partial charge < -0.3 is 14.8 Å². The van der Waals surface area contributed by atoms with E-state index in [1.807, 2.05) is 12.1 Å². The fraction of sp³-hybridized carbons (Fsp3) is 0.350. The number of benzene rings is 1. The van der Waals surface area contributed by atoms with Crippen molar-refractivity contribution in [2.45, 2.75) is 25.0 Å². The fourth-order valence-corrected chi connectivity index (χ4v) is 3.76. The van der Waals surface area contributed by atoms with Crippen molar-refractivity contribution in [2.75, 3.05) is 19.8 Å². The number of hydrogen-bond donors (Lipinski definition) is 1. The summed E-state index contributed by atoms with van der Waals surface area (Å²) < 4.78 is 14.4. The number of nitrogens with zero attached hydrogens (tertiary/aromatic N) is 4. The Morgan fingerprint density at radius 3 is 3.07 bits per heavy atom. The summed E-state index contributed by atoms with van der Waals surface area (Å²) in [5.74, 6) is 1.59. The molecule has 5 rings (SSSR count). The predicted octanol–water partition coefficient (Wildman–Crippen LogP) is 1.09. The molecule has 1 saturated heterocycles. The third-order valence-electron chi connectivity index (χ3n) is 5.24. The molecule has 2 aliphatic heterocycles. The number of aromatic nitrogens is 4. The molecule has 144 valence electrons. The molecule has 8 heteroatoms. The molecule has 28 heavy (non-hydrogen) atoms. The second-order valence-electron chi connectivity index (χ2n) is 7.06. The van der Waals surface area contributed by atoms with Gasteiger partial charge in [-0.1, -0.05) is 12.1 Å². The molecule has 2 atom stereocenters. The molecule has 0 radical (unpaired) electrons. The lowest BCUT2D eigenvalue weighted by atomic mass is 10.1. The van der Waals surface area contributed by atoms with Gasteiger partial charge in [0.1, 0.15) is 5.75 Å². The highest BCUT2D eigenvalue weighted by Gasteiger charge is 2.31. The highest BCUT2D eigenvalue weighted by atomic mass is 16.5. The van der Waals surface area contributed by atoms with E-state index in [-0.39, 0.29) is 17.6 Å². The number of nitrogens with one attached hydrogen (secondary N) is 1. The number of rotatable bonds is 5. The molecule has 3 aromatic rings. The van der Waals surface area contributed by atoms with Gasteiger partial charge in [-0.15, -0.1) is 5.10 Å². The molecule has 2 aromatic heterocycles. The zero-order valence-corrected chi connectivity index (χ0v) is 15.3. The first-order valence-corrected chi connectivity index (χ1v) is 9.43. The SMILES string of the molecule is O=c1ccc(-n2cccn2)nn1C1COCC1NCc1ccc2c(c1)CCO2. The monoisotopic (exact) mass is 379 g/mol. The van der Waals surface area contributed by atoms with Crippen LogP contribution in [0.3, 0.4) is 0 Å². The van der Waals surface area contributed by atoms with Gasteiger partial charge in [0.25, 0.3) is 5.56 Å². The lowest BCUT2D eigenvalue weighted by Crippen LogP contribution is -2.41. The first-order valence-electron chi connectivity index (χ1n) is 9.43. The van der Waals surface area contributed by atoms with Crippen LogP contribution in [0.4, 0.5) is 0 Å². The molecular weight excluding hydrogens is 358 g/mol. The van der Waals surface area contributed by atoms with Crippen LogP contribution in [-0.2, 0) is 17.7 Å². The number of ether oxygens (including phenoxy) is 2. The average Bonchev–Trinajstić information content (AvgIpc) is 3.47. The van der Waals surface area contributed by atoms with Crippen LogP contribution >= 0.6 is 0 Å². The van der Waals surface area contributed by atoms with Gasteiger partial charge in [-0.05, 0) is 29.3 Å². The minimum absolute atomic E-state index is 0.00239. The lowest BCUT2D eigenvalue weighted by Gasteiger charge is -2.21. The van der Waals surface area contributed by atoms with Gasteiger partial charge in [0.15, 0.2) is 5.82 Å². The molecule has 2 unspecified atom stereocenters. The van der Waals surface area contributed by atoms with E-state index < -0.39 is 0 Å². The van der Waals surface area contributed by atoms with Gasteiger partial charge in [-0.2, -0.15) is 5.10 Å². The largest absolute Gasteiger partial charge is 0.493 e. The van der Waals surface area contributed by atoms with Crippen molar-refractivity contribution in [3.63, 3.8) is 0 Å². The maximum atomic E-state index is 12.4. The topological polar surface area (TPSA) is 83.2 Å². The molecule has 0 bridgehead atoms. The van der Waals surface area contributed by atoms with E-state index in [1.165, 1.54) is 21.9 Å².